The summed E-state index contributed by atoms with van der Waals surface area (Å²) >= 11 is 2.27. The van der Waals surface area contributed by atoms with E-state index in [2.05, 4.69) is 33.1 Å². The highest BCUT2D eigenvalue weighted by Crippen LogP contribution is 2.10. The number of hydrazone groups is 1. The monoisotopic (exact) mass is 260 g/mol. The number of hydrogen-bond acceptors (Lipinski definition) is 2. The predicted octanol–water partition coefficient (Wildman–Crippen LogP) is 2.71. The maximum atomic E-state index is 3.89. The van der Waals surface area contributed by atoms with Crippen molar-refractivity contribution in [3.05, 3.63) is 27.8 Å². The fourth-order valence-electron chi connectivity index (χ4n) is 0.664. The molecule has 1 N–H and O–H groups in total. The molecule has 0 heterocycles. The molecule has 11 heavy (non-hydrogen) atoms. The van der Waals surface area contributed by atoms with Crippen LogP contribution in [0.15, 0.2) is 29.4 Å². The Morgan fingerprint density at radius 1 is 1.36 bits per heavy atom. The van der Waals surface area contributed by atoms with Gasteiger partial charge in [-0.05, 0) is 53.8 Å². The minimum absolute atomic E-state index is 1.02. The second-order valence-electron chi connectivity index (χ2n) is 2.01. The van der Waals surface area contributed by atoms with Crippen molar-refractivity contribution in [1.29, 1.82) is 0 Å². The van der Waals surface area contributed by atoms with Gasteiger partial charge in [0.1, 0.15) is 0 Å². The van der Waals surface area contributed by atoms with Gasteiger partial charge >= 0.3 is 0 Å². The standard InChI is InChI=1S/C8H9IN2/c1-2-10-11-8-5-3-7(9)4-6-8/h2-6,11H,1H3. The van der Waals surface area contributed by atoms with Gasteiger partial charge in [-0.15, -0.1) is 0 Å². The van der Waals surface area contributed by atoms with Crippen molar-refractivity contribution in [2.24, 2.45) is 5.10 Å². The highest BCUT2D eigenvalue weighted by Gasteiger charge is 1.87. The average molecular weight is 260 g/mol. The third-order valence-electron chi connectivity index (χ3n) is 1.17. The predicted molar refractivity (Wildman–Crippen MR) is 56.9 cm³/mol. The van der Waals surface area contributed by atoms with Gasteiger partial charge in [0, 0.05) is 9.78 Å². The van der Waals surface area contributed by atoms with Crippen LogP contribution in [-0.2, 0) is 0 Å². The third-order valence-corrected chi connectivity index (χ3v) is 1.89. The highest BCUT2D eigenvalue weighted by molar-refractivity contribution is 14.1. The van der Waals surface area contributed by atoms with Crippen molar-refractivity contribution in [3.8, 4) is 0 Å². The van der Waals surface area contributed by atoms with Gasteiger partial charge < -0.3 is 0 Å². The lowest BCUT2D eigenvalue weighted by molar-refractivity contribution is 1.34. The molecule has 0 unspecified atom stereocenters. The summed E-state index contributed by atoms with van der Waals surface area (Å²) in [5.41, 5.74) is 3.90. The van der Waals surface area contributed by atoms with Gasteiger partial charge in [-0.1, -0.05) is 0 Å². The molecule has 0 amide bonds. The van der Waals surface area contributed by atoms with Crippen molar-refractivity contribution in [2.75, 3.05) is 5.43 Å². The second-order valence-corrected chi connectivity index (χ2v) is 3.25. The fourth-order valence-corrected chi connectivity index (χ4v) is 1.02. The maximum absolute atomic E-state index is 3.89. The zero-order chi connectivity index (χ0) is 8.10. The Morgan fingerprint density at radius 3 is 2.55 bits per heavy atom. The molecule has 0 fully saturated rings. The van der Waals surface area contributed by atoms with E-state index in [-0.39, 0.29) is 0 Å². The summed E-state index contributed by atoms with van der Waals surface area (Å²) in [5, 5.41) is 3.89. The molecule has 1 aromatic rings. The van der Waals surface area contributed by atoms with Crippen LogP contribution in [0.3, 0.4) is 0 Å². The normalized spacial score (nSPS) is 10.4. The topological polar surface area (TPSA) is 24.4 Å². The first-order valence-corrected chi connectivity index (χ1v) is 4.40. The molecule has 0 atom stereocenters. The van der Waals surface area contributed by atoms with Gasteiger partial charge in [-0.25, -0.2) is 0 Å². The van der Waals surface area contributed by atoms with Crippen LogP contribution < -0.4 is 5.43 Å². The highest BCUT2D eigenvalue weighted by atomic mass is 127. The number of anilines is 1. The molecule has 0 saturated heterocycles. The molecular formula is C8H9IN2. The van der Waals surface area contributed by atoms with Crippen LogP contribution in [0.2, 0.25) is 0 Å². The maximum Gasteiger partial charge on any atom is 0.0562 e. The molecule has 2 nitrogen and oxygen atoms in total. The van der Waals surface area contributed by atoms with Gasteiger partial charge in [0.25, 0.3) is 0 Å². The first kappa shape index (κ1) is 8.52. The second kappa shape index (κ2) is 4.33. The lowest BCUT2D eigenvalue weighted by Gasteiger charge is -1.97. The summed E-state index contributed by atoms with van der Waals surface area (Å²) < 4.78 is 1.23. The minimum atomic E-state index is 1.02. The molecule has 0 aliphatic heterocycles. The van der Waals surface area contributed by atoms with Crippen LogP contribution in [0.1, 0.15) is 6.92 Å². The van der Waals surface area contributed by atoms with Crippen molar-refractivity contribution >= 4 is 34.5 Å². The molecule has 0 aliphatic rings. The Balaban J connectivity index is 2.66. The van der Waals surface area contributed by atoms with Gasteiger partial charge in [-0.3, -0.25) is 5.43 Å². The number of halogens is 1. The molecule has 1 rings (SSSR count). The Bertz CT molecular complexity index is 241. The van der Waals surface area contributed by atoms with Crippen molar-refractivity contribution in [1.82, 2.24) is 0 Å². The van der Waals surface area contributed by atoms with E-state index < -0.39 is 0 Å². The van der Waals surface area contributed by atoms with Gasteiger partial charge in [0.2, 0.25) is 0 Å². The van der Waals surface area contributed by atoms with Crippen LogP contribution in [0.4, 0.5) is 5.69 Å². The van der Waals surface area contributed by atoms with Crippen molar-refractivity contribution < 1.29 is 0 Å². The fraction of sp³-hybridized carbons (Fsp3) is 0.125. The Hall–Kier alpha value is -0.580. The van der Waals surface area contributed by atoms with Crippen LogP contribution in [-0.4, -0.2) is 6.21 Å². The largest absolute Gasteiger partial charge is 0.279 e. The van der Waals surface area contributed by atoms with E-state index in [1.165, 1.54) is 3.57 Å². The lowest BCUT2D eigenvalue weighted by Crippen LogP contribution is -1.86. The molecule has 0 radical (unpaired) electrons. The zero-order valence-corrected chi connectivity index (χ0v) is 8.37. The zero-order valence-electron chi connectivity index (χ0n) is 6.21. The van der Waals surface area contributed by atoms with Crippen LogP contribution in [0, 0.1) is 3.57 Å². The van der Waals surface area contributed by atoms with Gasteiger partial charge in [-0.2, -0.15) is 5.10 Å². The van der Waals surface area contributed by atoms with Crippen LogP contribution in [0.25, 0.3) is 0 Å². The average Bonchev–Trinajstić information content (AvgIpc) is 2.04. The molecule has 3 heteroatoms. The first-order valence-electron chi connectivity index (χ1n) is 3.32. The van der Waals surface area contributed by atoms with E-state index in [9.17, 15) is 0 Å². The van der Waals surface area contributed by atoms with E-state index in [0.29, 0.717) is 0 Å². The Labute approximate surface area is 79.8 Å². The summed E-state index contributed by atoms with van der Waals surface area (Å²) in [4.78, 5) is 0. The Kier molecular flexibility index (Phi) is 3.35. The van der Waals surface area contributed by atoms with Gasteiger partial charge in [0.15, 0.2) is 0 Å². The quantitative estimate of drug-likeness (QED) is 0.493. The van der Waals surface area contributed by atoms with E-state index in [1.807, 2.05) is 31.2 Å². The number of benzene rings is 1. The summed E-state index contributed by atoms with van der Waals surface area (Å²) in [6, 6.07) is 8.06. The van der Waals surface area contributed by atoms with Crippen LogP contribution >= 0.6 is 22.6 Å². The summed E-state index contributed by atoms with van der Waals surface area (Å²) in [5.74, 6) is 0. The minimum Gasteiger partial charge on any atom is -0.279 e. The van der Waals surface area contributed by atoms with Crippen molar-refractivity contribution in [2.45, 2.75) is 6.92 Å². The van der Waals surface area contributed by atoms with E-state index in [1.54, 1.807) is 6.21 Å². The number of rotatable bonds is 2. The molecule has 0 spiro atoms. The van der Waals surface area contributed by atoms with Crippen molar-refractivity contribution in [3.63, 3.8) is 0 Å². The van der Waals surface area contributed by atoms with Crippen LogP contribution in [0.5, 0.6) is 0 Å². The summed E-state index contributed by atoms with van der Waals surface area (Å²) in [6.07, 6.45) is 1.72. The number of hydrogen-bond donors (Lipinski definition) is 1. The van der Waals surface area contributed by atoms with E-state index >= 15 is 0 Å². The Morgan fingerprint density at radius 2 is 2.00 bits per heavy atom. The molecule has 58 valence electrons. The SMILES string of the molecule is CC=NNc1ccc(I)cc1. The summed E-state index contributed by atoms with van der Waals surface area (Å²) in [6.45, 7) is 1.87. The van der Waals surface area contributed by atoms with E-state index in [0.717, 1.165) is 5.69 Å². The number of nitrogens with zero attached hydrogens (tertiary/aromatic N) is 1. The molecule has 0 saturated carbocycles. The van der Waals surface area contributed by atoms with E-state index in [4.69, 9.17) is 0 Å². The smallest absolute Gasteiger partial charge is 0.0562 e. The molecular weight excluding hydrogens is 251 g/mol. The molecule has 0 aromatic heterocycles. The first-order chi connectivity index (χ1) is 5.33. The van der Waals surface area contributed by atoms with Gasteiger partial charge in [0.05, 0.1) is 5.69 Å². The summed E-state index contributed by atoms with van der Waals surface area (Å²) in [7, 11) is 0. The third kappa shape index (κ3) is 2.88. The molecule has 0 bridgehead atoms. The molecule has 0 aliphatic carbocycles. The molecule has 1 aromatic carbocycles. The lowest BCUT2D eigenvalue weighted by atomic mass is 10.3. The number of nitrogens with one attached hydrogen (secondary N) is 1.